The first-order chi connectivity index (χ1) is 27.2. The molecular weight excluding hydrogens is 767 g/mol. The summed E-state index contributed by atoms with van der Waals surface area (Å²) < 4.78 is 51.0. The SMILES string of the molecule is O=c1[nH]c(CSC2CCC(O)CC2)nc2cc(OC[C@@H]3CCOC3)cc(F)c12.O=c1[nH]c(CSC2CCC(O)CC2)nc2cc(OC[C@H]3CCOC3)cc(F)c12. The van der Waals surface area contributed by atoms with Crippen LogP contribution in [0.5, 0.6) is 11.5 Å². The van der Waals surface area contributed by atoms with Crippen LogP contribution in [0.2, 0.25) is 0 Å². The number of H-pyrrole nitrogens is 2. The number of thioether (sulfide) groups is 2. The van der Waals surface area contributed by atoms with Gasteiger partial charge in [0, 0.05) is 59.8 Å². The Morgan fingerprint density at radius 3 is 1.43 bits per heavy atom. The van der Waals surface area contributed by atoms with Gasteiger partial charge in [0.2, 0.25) is 0 Å². The molecule has 4 heterocycles. The minimum Gasteiger partial charge on any atom is -0.493 e. The van der Waals surface area contributed by atoms with Gasteiger partial charge in [0.15, 0.2) is 0 Å². The highest BCUT2D eigenvalue weighted by molar-refractivity contribution is 7.99. The van der Waals surface area contributed by atoms with Crippen molar-refractivity contribution in [3.05, 3.63) is 68.3 Å². The van der Waals surface area contributed by atoms with Crippen LogP contribution in [0.3, 0.4) is 0 Å². The predicted octanol–water partition coefficient (Wildman–Crippen LogP) is 6.03. The van der Waals surface area contributed by atoms with Crippen molar-refractivity contribution in [2.24, 2.45) is 11.8 Å². The Morgan fingerprint density at radius 2 is 1.05 bits per heavy atom. The number of ether oxygens (including phenoxy) is 4. The summed E-state index contributed by atoms with van der Waals surface area (Å²) in [6.45, 7) is 3.71. The molecule has 0 bridgehead atoms. The number of nitrogens with zero attached hydrogens (tertiary/aromatic N) is 2. The zero-order valence-electron chi connectivity index (χ0n) is 31.3. The number of rotatable bonds is 12. The van der Waals surface area contributed by atoms with Gasteiger partial charge in [-0.1, -0.05) is 0 Å². The molecule has 12 nitrogen and oxygen atoms in total. The van der Waals surface area contributed by atoms with Gasteiger partial charge in [-0.3, -0.25) is 9.59 Å². The Balaban J connectivity index is 0.000000172. The third kappa shape index (κ3) is 11.0. The van der Waals surface area contributed by atoms with Crippen molar-refractivity contribution in [3.63, 3.8) is 0 Å². The van der Waals surface area contributed by atoms with Crippen LogP contribution >= 0.6 is 23.5 Å². The number of nitrogens with one attached hydrogen (secondary N) is 2. The summed E-state index contributed by atoms with van der Waals surface area (Å²) in [4.78, 5) is 39.1. The number of benzene rings is 2. The van der Waals surface area contributed by atoms with Gasteiger partial charge < -0.3 is 39.1 Å². The number of hydrogen-bond acceptors (Lipinski definition) is 12. The molecule has 4 aromatic rings. The lowest BCUT2D eigenvalue weighted by atomic mass is 9.97. The van der Waals surface area contributed by atoms with Crippen molar-refractivity contribution in [3.8, 4) is 11.5 Å². The molecular formula is C40H50F2N4O8S2. The van der Waals surface area contributed by atoms with Crippen molar-refractivity contribution in [2.45, 2.75) is 98.4 Å². The van der Waals surface area contributed by atoms with Crippen molar-refractivity contribution in [2.75, 3.05) is 39.6 Å². The van der Waals surface area contributed by atoms with E-state index in [-0.39, 0.29) is 23.0 Å². The second kappa shape index (κ2) is 19.4. The summed E-state index contributed by atoms with van der Waals surface area (Å²) in [6.07, 6.45) is 8.61. The van der Waals surface area contributed by atoms with Gasteiger partial charge in [-0.05, 0) is 64.2 Å². The van der Waals surface area contributed by atoms with E-state index >= 15 is 0 Å². The van der Waals surface area contributed by atoms with E-state index in [1.807, 2.05) is 0 Å². The molecule has 2 aromatic heterocycles. The van der Waals surface area contributed by atoms with Crippen LogP contribution in [0.1, 0.15) is 75.9 Å². The zero-order valence-corrected chi connectivity index (χ0v) is 32.9. The van der Waals surface area contributed by atoms with Crippen LogP contribution in [0, 0.1) is 23.5 Å². The average Bonchev–Trinajstić information content (AvgIpc) is 3.91. The molecule has 2 aliphatic heterocycles. The molecule has 4 fully saturated rings. The van der Waals surface area contributed by atoms with Crippen LogP contribution in [0.4, 0.5) is 8.78 Å². The van der Waals surface area contributed by atoms with E-state index in [1.54, 1.807) is 35.7 Å². The Hall–Kier alpha value is -3.28. The highest BCUT2D eigenvalue weighted by Crippen LogP contribution is 2.32. The van der Waals surface area contributed by atoms with E-state index in [0.29, 0.717) is 94.5 Å². The van der Waals surface area contributed by atoms with Crippen LogP contribution in [0.25, 0.3) is 21.8 Å². The summed E-state index contributed by atoms with van der Waals surface area (Å²) in [6, 6.07) is 5.76. The maximum absolute atomic E-state index is 14.5. The number of aliphatic hydroxyl groups excluding tert-OH is 2. The minimum atomic E-state index is -0.621. The normalized spacial score (nSPS) is 25.3. The molecule has 0 unspecified atom stereocenters. The highest BCUT2D eigenvalue weighted by Gasteiger charge is 2.23. The summed E-state index contributed by atoms with van der Waals surface area (Å²) in [5.41, 5.74) is -0.298. The first kappa shape index (κ1) is 40.9. The highest BCUT2D eigenvalue weighted by atomic mass is 32.2. The molecule has 0 amide bonds. The Labute approximate surface area is 331 Å². The topological polar surface area (TPSA) is 169 Å². The molecule has 4 aliphatic rings. The molecule has 4 N–H and O–H groups in total. The first-order valence-corrected chi connectivity index (χ1v) is 21.7. The van der Waals surface area contributed by atoms with Crippen LogP contribution in [-0.2, 0) is 21.0 Å². The summed E-state index contributed by atoms with van der Waals surface area (Å²) in [5.74, 6) is 2.33. The molecule has 2 atom stereocenters. The number of hydrogen-bond donors (Lipinski definition) is 4. The summed E-state index contributed by atoms with van der Waals surface area (Å²) in [5, 5.41) is 20.0. The zero-order chi connectivity index (χ0) is 39.0. The first-order valence-electron chi connectivity index (χ1n) is 19.6. The van der Waals surface area contributed by atoms with E-state index in [9.17, 15) is 28.6 Å². The molecule has 0 radical (unpaired) electrons. The van der Waals surface area contributed by atoms with Crippen LogP contribution in [0.15, 0.2) is 33.9 Å². The number of aliphatic hydroxyl groups is 2. The molecule has 0 spiro atoms. The number of fused-ring (bicyclic) bond motifs is 2. The number of aromatic amines is 2. The monoisotopic (exact) mass is 816 g/mol. The van der Waals surface area contributed by atoms with Crippen LogP contribution < -0.4 is 20.6 Å². The Bertz CT molecular complexity index is 1900. The Morgan fingerprint density at radius 1 is 0.643 bits per heavy atom. The largest absolute Gasteiger partial charge is 0.493 e. The molecule has 2 saturated carbocycles. The van der Waals surface area contributed by atoms with Crippen molar-refractivity contribution in [1.82, 2.24) is 19.9 Å². The summed E-state index contributed by atoms with van der Waals surface area (Å²) >= 11 is 3.45. The van der Waals surface area contributed by atoms with E-state index < -0.39 is 22.8 Å². The number of halogens is 2. The lowest BCUT2D eigenvalue weighted by molar-refractivity contribution is 0.132. The number of aromatic nitrogens is 4. The average molecular weight is 817 g/mol. The van der Waals surface area contributed by atoms with Gasteiger partial charge in [0.1, 0.15) is 45.6 Å². The van der Waals surface area contributed by atoms with Gasteiger partial charge in [0.05, 0.1) is 61.2 Å². The molecule has 304 valence electrons. The fourth-order valence-electron chi connectivity index (χ4n) is 7.47. The van der Waals surface area contributed by atoms with Crippen molar-refractivity contribution >= 4 is 45.3 Å². The second-order valence-electron chi connectivity index (χ2n) is 15.2. The maximum Gasteiger partial charge on any atom is 0.261 e. The molecule has 2 saturated heterocycles. The van der Waals surface area contributed by atoms with E-state index in [0.717, 1.165) is 77.4 Å². The van der Waals surface area contributed by atoms with Crippen LogP contribution in [-0.4, -0.2) is 92.5 Å². The fraction of sp³-hybridized carbons (Fsp3) is 0.600. The standard InChI is InChI=1S/2C20H25FN2O4S/c2*21-16-7-14(27-10-12-5-6-26-9-12)8-17-19(16)20(25)23-18(22-17)11-28-15-3-1-13(24)2-4-15/h2*7-8,12-13,15,24H,1-6,9-11H2,(H,22,23,25)/t2*12-,13?,15?/m10/s1. The third-order valence-electron chi connectivity index (χ3n) is 10.8. The fourth-order valence-corrected chi connectivity index (χ4v) is 9.75. The molecule has 2 aromatic carbocycles. The van der Waals surface area contributed by atoms with E-state index in [4.69, 9.17) is 18.9 Å². The summed E-state index contributed by atoms with van der Waals surface area (Å²) in [7, 11) is 0. The Kier molecular flexibility index (Phi) is 14.2. The molecule has 8 rings (SSSR count). The van der Waals surface area contributed by atoms with Gasteiger partial charge in [0.25, 0.3) is 11.1 Å². The van der Waals surface area contributed by atoms with E-state index in [1.165, 1.54) is 12.1 Å². The quantitative estimate of drug-likeness (QED) is 0.131. The molecule has 2 aliphatic carbocycles. The van der Waals surface area contributed by atoms with E-state index in [2.05, 4.69) is 19.9 Å². The second-order valence-corrected chi connectivity index (χ2v) is 17.8. The maximum atomic E-state index is 14.5. The minimum absolute atomic E-state index is 0.0360. The lowest BCUT2D eigenvalue weighted by Crippen LogP contribution is -2.20. The van der Waals surface area contributed by atoms with Gasteiger partial charge in [-0.2, -0.15) is 23.5 Å². The van der Waals surface area contributed by atoms with Crippen molar-refractivity contribution in [1.29, 1.82) is 0 Å². The van der Waals surface area contributed by atoms with Gasteiger partial charge in [-0.25, -0.2) is 18.7 Å². The third-order valence-corrected chi connectivity index (χ3v) is 13.6. The van der Waals surface area contributed by atoms with Gasteiger partial charge >= 0.3 is 0 Å². The molecule has 16 heteroatoms. The lowest BCUT2D eigenvalue weighted by Gasteiger charge is -2.24. The smallest absolute Gasteiger partial charge is 0.261 e. The van der Waals surface area contributed by atoms with Crippen molar-refractivity contribution < 1.29 is 37.9 Å². The molecule has 56 heavy (non-hydrogen) atoms. The van der Waals surface area contributed by atoms with Gasteiger partial charge in [-0.15, -0.1) is 0 Å². The predicted molar refractivity (Wildman–Crippen MR) is 213 cm³/mol.